The van der Waals surface area contributed by atoms with Crippen LogP contribution >= 0.6 is 0 Å². The number of ether oxygens (including phenoxy) is 1. The molecule has 1 N–H and O–H groups in total. The second kappa shape index (κ2) is 8.55. The van der Waals surface area contributed by atoms with E-state index < -0.39 is 0 Å². The molecule has 0 unspecified atom stereocenters. The maximum absolute atomic E-state index is 12.9. The molecule has 5 rings (SSSR count). The molecule has 0 saturated carbocycles. The van der Waals surface area contributed by atoms with E-state index in [9.17, 15) is 4.79 Å². The maximum atomic E-state index is 12.9. The lowest BCUT2D eigenvalue weighted by atomic mass is 10.1. The molecule has 0 aliphatic rings. The van der Waals surface area contributed by atoms with E-state index in [1.54, 1.807) is 28.8 Å². The van der Waals surface area contributed by atoms with Gasteiger partial charge in [-0.2, -0.15) is 5.10 Å². The number of aryl methyl sites for hydroxylation is 2. The van der Waals surface area contributed by atoms with Crippen molar-refractivity contribution in [1.29, 1.82) is 0 Å². The van der Waals surface area contributed by atoms with E-state index in [1.807, 2.05) is 74.5 Å². The highest BCUT2D eigenvalue weighted by molar-refractivity contribution is 6.03. The Kier molecular flexibility index (Phi) is 5.28. The summed E-state index contributed by atoms with van der Waals surface area (Å²) >= 11 is 0. The number of benzene rings is 3. The standard InChI is InChI=1S/C26H21N5O2/c1-17-23(19-9-5-3-6-10-19)25-29-28-24(18(2)31(25)30-17)26(32)27-20-13-15-22(16-14-20)33-21-11-7-4-8-12-21/h3-16H,1-2H3,(H,27,32). The molecular formula is C26H21N5O2. The topological polar surface area (TPSA) is 81.4 Å². The van der Waals surface area contributed by atoms with Gasteiger partial charge in [-0.1, -0.05) is 48.5 Å². The predicted octanol–water partition coefficient (Wildman–Crippen LogP) is 5.45. The summed E-state index contributed by atoms with van der Waals surface area (Å²) < 4.78 is 7.47. The minimum atomic E-state index is -0.354. The van der Waals surface area contributed by atoms with Crippen LogP contribution in [0.4, 0.5) is 5.69 Å². The van der Waals surface area contributed by atoms with Crippen molar-refractivity contribution in [1.82, 2.24) is 19.8 Å². The van der Waals surface area contributed by atoms with Crippen LogP contribution in [0.3, 0.4) is 0 Å². The molecule has 7 heteroatoms. The number of hydrogen-bond acceptors (Lipinski definition) is 5. The average Bonchev–Trinajstić information content (AvgIpc) is 3.18. The number of nitrogens with zero attached hydrogens (tertiary/aromatic N) is 4. The summed E-state index contributed by atoms with van der Waals surface area (Å²) in [4.78, 5) is 12.9. The first-order chi connectivity index (χ1) is 16.1. The van der Waals surface area contributed by atoms with Gasteiger partial charge in [-0.05, 0) is 55.8 Å². The van der Waals surface area contributed by atoms with Gasteiger partial charge in [0.05, 0.1) is 17.0 Å². The highest BCUT2D eigenvalue weighted by Crippen LogP contribution is 2.28. The zero-order valence-corrected chi connectivity index (χ0v) is 18.2. The van der Waals surface area contributed by atoms with Crippen LogP contribution in [-0.4, -0.2) is 25.7 Å². The van der Waals surface area contributed by atoms with Crippen molar-refractivity contribution in [3.05, 3.63) is 102 Å². The van der Waals surface area contributed by atoms with Crippen LogP contribution in [0, 0.1) is 13.8 Å². The lowest BCUT2D eigenvalue weighted by Gasteiger charge is -2.09. The molecule has 0 atom stereocenters. The molecule has 33 heavy (non-hydrogen) atoms. The first-order valence-electron chi connectivity index (χ1n) is 10.5. The van der Waals surface area contributed by atoms with Crippen LogP contribution in [0.5, 0.6) is 11.5 Å². The van der Waals surface area contributed by atoms with E-state index in [0.29, 0.717) is 22.8 Å². The van der Waals surface area contributed by atoms with Gasteiger partial charge in [-0.3, -0.25) is 4.79 Å². The van der Waals surface area contributed by atoms with Gasteiger partial charge in [-0.25, -0.2) is 4.52 Å². The molecule has 0 aliphatic heterocycles. The summed E-state index contributed by atoms with van der Waals surface area (Å²) in [5.41, 5.74) is 4.82. The van der Waals surface area contributed by atoms with E-state index in [2.05, 4.69) is 20.6 Å². The largest absolute Gasteiger partial charge is 0.457 e. The Morgan fingerprint density at radius 3 is 2.15 bits per heavy atom. The van der Waals surface area contributed by atoms with Gasteiger partial charge in [0, 0.05) is 5.69 Å². The van der Waals surface area contributed by atoms with Crippen molar-refractivity contribution in [2.45, 2.75) is 13.8 Å². The molecule has 0 bridgehead atoms. The summed E-state index contributed by atoms with van der Waals surface area (Å²) in [6, 6.07) is 26.6. The fourth-order valence-electron chi connectivity index (χ4n) is 3.69. The zero-order chi connectivity index (χ0) is 22.8. The molecule has 0 saturated heterocycles. The molecule has 5 aromatic rings. The lowest BCUT2D eigenvalue weighted by Crippen LogP contribution is -2.18. The summed E-state index contributed by atoms with van der Waals surface area (Å²) in [5, 5.41) is 16.0. The molecule has 7 nitrogen and oxygen atoms in total. The van der Waals surface area contributed by atoms with Crippen LogP contribution in [0.15, 0.2) is 84.9 Å². The Morgan fingerprint density at radius 1 is 0.818 bits per heavy atom. The first kappa shape index (κ1) is 20.4. The third-order valence-electron chi connectivity index (χ3n) is 5.31. The van der Waals surface area contributed by atoms with Crippen LogP contribution in [0.2, 0.25) is 0 Å². The average molecular weight is 435 g/mol. The number of anilines is 1. The number of rotatable bonds is 5. The van der Waals surface area contributed by atoms with Crippen molar-refractivity contribution in [2.24, 2.45) is 0 Å². The van der Waals surface area contributed by atoms with E-state index in [4.69, 9.17) is 4.74 Å². The lowest BCUT2D eigenvalue weighted by molar-refractivity contribution is 0.102. The molecule has 0 aliphatic carbocycles. The summed E-state index contributed by atoms with van der Waals surface area (Å²) in [7, 11) is 0. The van der Waals surface area contributed by atoms with Gasteiger partial charge in [0.1, 0.15) is 11.5 Å². The Morgan fingerprint density at radius 2 is 1.45 bits per heavy atom. The third-order valence-corrected chi connectivity index (χ3v) is 5.31. The quantitative estimate of drug-likeness (QED) is 0.397. The fraction of sp³-hybridized carbons (Fsp3) is 0.0769. The highest BCUT2D eigenvalue weighted by atomic mass is 16.5. The Bertz CT molecular complexity index is 1430. The minimum Gasteiger partial charge on any atom is -0.457 e. The van der Waals surface area contributed by atoms with Crippen molar-refractivity contribution >= 4 is 17.2 Å². The molecule has 0 fully saturated rings. The van der Waals surface area contributed by atoms with Crippen molar-refractivity contribution in [2.75, 3.05) is 5.32 Å². The smallest absolute Gasteiger partial charge is 0.278 e. The van der Waals surface area contributed by atoms with Crippen LogP contribution in [-0.2, 0) is 0 Å². The Labute approximate surface area is 190 Å². The van der Waals surface area contributed by atoms with Crippen molar-refractivity contribution < 1.29 is 9.53 Å². The number of nitrogens with one attached hydrogen (secondary N) is 1. The van der Waals surface area contributed by atoms with E-state index in [0.717, 1.165) is 22.6 Å². The van der Waals surface area contributed by atoms with Gasteiger partial charge in [-0.15, -0.1) is 10.2 Å². The SMILES string of the molecule is Cc1nn2c(C)c(C(=O)Nc3ccc(Oc4ccccc4)cc3)nnc2c1-c1ccccc1. The van der Waals surface area contributed by atoms with Crippen LogP contribution < -0.4 is 10.1 Å². The van der Waals surface area contributed by atoms with E-state index >= 15 is 0 Å². The third kappa shape index (κ3) is 4.04. The van der Waals surface area contributed by atoms with Gasteiger partial charge in [0.15, 0.2) is 11.3 Å². The van der Waals surface area contributed by atoms with E-state index in [1.165, 1.54) is 0 Å². The maximum Gasteiger partial charge on any atom is 0.278 e. The molecule has 3 aromatic carbocycles. The van der Waals surface area contributed by atoms with E-state index in [-0.39, 0.29) is 11.6 Å². The number of amides is 1. The highest BCUT2D eigenvalue weighted by Gasteiger charge is 2.20. The van der Waals surface area contributed by atoms with Gasteiger partial charge < -0.3 is 10.1 Å². The molecule has 0 spiro atoms. The molecule has 162 valence electrons. The number of para-hydroxylation sites is 1. The second-order valence-electron chi connectivity index (χ2n) is 7.59. The van der Waals surface area contributed by atoms with Crippen LogP contribution in [0.1, 0.15) is 21.9 Å². The molecule has 2 heterocycles. The number of hydrogen-bond donors (Lipinski definition) is 1. The number of aromatic nitrogens is 4. The normalized spacial score (nSPS) is 10.8. The van der Waals surface area contributed by atoms with Crippen molar-refractivity contribution in [3.63, 3.8) is 0 Å². The minimum absolute atomic E-state index is 0.217. The summed E-state index contributed by atoms with van der Waals surface area (Å²) in [6.45, 7) is 3.74. The van der Waals surface area contributed by atoms with Crippen LogP contribution in [0.25, 0.3) is 16.8 Å². The first-order valence-corrected chi connectivity index (χ1v) is 10.5. The summed E-state index contributed by atoms with van der Waals surface area (Å²) in [6.07, 6.45) is 0. The Balaban J connectivity index is 1.38. The zero-order valence-electron chi connectivity index (χ0n) is 18.2. The monoisotopic (exact) mass is 435 g/mol. The molecular weight excluding hydrogens is 414 g/mol. The molecule has 0 radical (unpaired) electrons. The number of carbonyl (C=O) groups excluding carboxylic acids is 1. The predicted molar refractivity (Wildman–Crippen MR) is 127 cm³/mol. The molecule has 1 amide bonds. The van der Waals surface area contributed by atoms with Gasteiger partial charge >= 0.3 is 0 Å². The van der Waals surface area contributed by atoms with Gasteiger partial charge in [0.25, 0.3) is 5.91 Å². The van der Waals surface area contributed by atoms with Crippen molar-refractivity contribution in [3.8, 4) is 22.6 Å². The number of carbonyl (C=O) groups is 1. The summed E-state index contributed by atoms with van der Waals surface area (Å²) in [5.74, 6) is 1.07. The Hall–Kier alpha value is -4.52. The van der Waals surface area contributed by atoms with Gasteiger partial charge in [0.2, 0.25) is 0 Å². The number of fused-ring (bicyclic) bond motifs is 1. The molecule has 2 aromatic heterocycles. The fourth-order valence-corrected chi connectivity index (χ4v) is 3.69. The second-order valence-corrected chi connectivity index (χ2v) is 7.59.